The quantitative estimate of drug-likeness (QED) is 0.139. The summed E-state index contributed by atoms with van der Waals surface area (Å²) in [6.07, 6.45) is 1.11. The van der Waals surface area contributed by atoms with Crippen LogP contribution in [0.15, 0.2) is 71.9 Å². The number of thioether (sulfide) groups is 1. The largest absolute Gasteiger partial charge is 0.496 e. The van der Waals surface area contributed by atoms with Gasteiger partial charge >= 0.3 is 0 Å². The number of aryl methyl sites for hydroxylation is 1. The molecule has 0 aliphatic carbocycles. The Bertz CT molecular complexity index is 1880. The molecular weight excluding hydrogens is 608 g/mol. The average molecular weight is 643 g/mol. The monoisotopic (exact) mass is 642 g/mol. The van der Waals surface area contributed by atoms with Crippen LogP contribution in [-0.4, -0.2) is 79.9 Å². The molecule has 0 spiro atoms. The number of carbonyl (C=O) groups is 2. The van der Waals surface area contributed by atoms with Crippen molar-refractivity contribution in [3.05, 3.63) is 88.4 Å². The van der Waals surface area contributed by atoms with Crippen molar-refractivity contribution >= 4 is 57.2 Å². The number of benzene rings is 3. The number of rotatable bonds is 9. The third-order valence-electron chi connectivity index (χ3n) is 8.18. The predicted octanol–water partition coefficient (Wildman–Crippen LogP) is 6.24. The molecule has 3 aromatic carbocycles. The molecule has 0 N–H and O–H groups in total. The Labute approximate surface area is 271 Å². The van der Waals surface area contributed by atoms with Crippen LogP contribution < -0.4 is 4.74 Å². The summed E-state index contributed by atoms with van der Waals surface area (Å²) in [5.41, 5.74) is 5.36. The first-order chi connectivity index (χ1) is 21.8. The minimum absolute atomic E-state index is 0.0734. The van der Waals surface area contributed by atoms with Crippen LogP contribution in [0.4, 0.5) is 0 Å². The molecule has 9 nitrogen and oxygen atoms in total. The lowest BCUT2D eigenvalue weighted by Gasteiger charge is -2.40. The Morgan fingerprint density at radius 3 is 2.69 bits per heavy atom. The first-order valence-corrected chi connectivity index (χ1v) is 16.4. The molecule has 3 heterocycles. The van der Waals surface area contributed by atoms with E-state index < -0.39 is 0 Å². The Morgan fingerprint density at radius 1 is 1.04 bits per heavy atom. The summed E-state index contributed by atoms with van der Waals surface area (Å²) < 4.78 is 7.54. The maximum absolute atomic E-state index is 13.2. The summed E-state index contributed by atoms with van der Waals surface area (Å²) in [6.45, 7) is 6.16. The van der Waals surface area contributed by atoms with Crippen LogP contribution in [-0.2, 0) is 11.3 Å². The zero-order valence-corrected chi connectivity index (χ0v) is 27.1. The molecule has 1 saturated heterocycles. The second-order valence-electron chi connectivity index (χ2n) is 11.3. The second-order valence-corrected chi connectivity index (χ2v) is 12.8. The van der Waals surface area contributed by atoms with Crippen LogP contribution in [0, 0.1) is 6.92 Å². The number of hydrogen-bond acceptors (Lipinski definition) is 7. The number of carbonyl (C=O) groups excluding carboxylic acids is 2. The lowest BCUT2D eigenvalue weighted by molar-refractivity contribution is -0.133. The molecule has 1 unspecified atom stereocenters. The molecule has 2 aromatic heterocycles. The molecule has 0 bridgehead atoms. The number of nitrogens with zero attached hydrogens (tertiary/aromatic N) is 6. The molecule has 6 rings (SSSR count). The van der Waals surface area contributed by atoms with E-state index in [1.807, 2.05) is 47.1 Å². The number of fused-ring (bicyclic) bond motifs is 3. The van der Waals surface area contributed by atoms with Gasteiger partial charge in [-0.25, -0.2) is 4.98 Å². The van der Waals surface area contributed by atoms with Gasteiger partial charge in [0.1, 0.15) is 11.3 Å². The molecule has 45 heavy (non-hydrogen) atoms. The van der Waals surface area contributed by atoms with Crippen molar-refractivity contribution in [1.29, 1.82) is 0 Å². The van der Waals surface area contributed by atoms with Gasteiger partial charge in [-0.3, -0.25) is 9.59 Å². The predicted molar refractivity (Wildman–Crippen MR) is 178 cm³/mol. The van der Waals surface area contributed by atoms with Crippen molar-refractivity contribution in [3.63, 3.8) is 0 Å². The van der Waals surface area contributed by atoms with Gasteiger partial charge in [-0.15, -0.1) is 10.2 Å². The Balaban J connectivity index is 1.07. The Morgan fingerprint density at radius 2 is 1.89 bits per heavy atom. The van der Waals surface area contributed by atoms with E-state index in [4.69, 9.17) is 21.3 Å². The highest BCUT2D eigenvalue weighted by Crippen LogP contribution is 2.30. The van der Waals surface area contributed by atoms with Gasteiger partial charge in [0.05, 0.1) is 18.2 Å². The van der Waals surface area contributed by atoms with Crippen LogP contribution in [0.25, 0.3) is 22.1 Å². The summed E-state index contributed by atoms with van der Waals surface area (Å²) in [5.74, 6) is 1.27. The third kappa shape index (κ3) is 6.62. The van der Waals surface area contributed by atoms with Gasteiger partial charge in [-0.1, -0.05) is 59.3 Å². The van der Waals surface area contributed by atoms with Crippen LogP contribution in [0.5, 0.6) is 5.75 Å². The van der Waals surface area contributed by atoms with Crippen molar-refractivity contribution in [3.8, 4) is 5.75 Å². The van der Waals surface area contributed by atoms with E-state index in [0.717, 1.165) is 33.2 Å². The number of halogens is 1. The van der Waals surface area contributed by atoms with E-state index >= 15 is 0 Å². The number of piperazine rings is 1. The molecule has 5 aromatic rings. The topological polar surface area (TPSA) is 93.5 Å². The minimum Gasteiger partial charge on any atom is -0.496 e. The van der Waals surface area contributed by atoms with E-state index in [1.54, 1.807) is 19.2 Å². The summed E-state index contributed by atoms with van der Waals surface area (Å²) in [7, 11) is 1.56. The van der Waals surface area contributed by atoms with E-state index in [-0.39, 0.29) is 17.9 Å². The molecule has 1 aliphatic heterocycles. The molecule has 0 saturated carbocycles. The number of amides is 2. The zero-order chi connectivity index (χ0) is 31.5. The van der Waals surface area contributed by atoms with Crippen molar-refractivity contribution in [2.24, 2.45) is 0 Å². The highest BCUT2D eigenvalue weighted by atomic mass is 35.5. The molecule has 1 atom stereocenters. The number of hydrogen-bond donors (Lipinski definition) is 0. The summed E-state index contributed by atoms with van der Waals surface area (Å²) in [5, 5.41) is 11.3. The maximum Gasteiger partial charge on any atom is 0.257 e. The van der Waals surface area contributed by atoms with Gasteiger partial charge in [0.15, 0.2) is 5.65 Å². The lowest BCUT2D eigenvalue weighted by atomic mass is 10.1. The first kappa shape index (κ1) is 30.9. The molecule has 2 amide bonds. The second kappa shape index (κ2) is 13.5. The third-order valence-corrected chi connectivity index (χ3v) is 9.34. The minimum atomic E-state index is -0.0943. The van der Waals surface area contributed by atoms with Crippen LogP contribution in [0.1, 0.15) is 41.3 Å². The Hall–Kier alpha value is -4.15. The summed E-state index contributed by atoms with van der Waals surface area (Å²) in [6, 6.07) is 21.3. The first-order valence-electron chi connectivity index (χ1n) is 15.0. The van der Waals surface area contributed by atoms with E-state index in [1.165, 1.54) is 11.8 Å². The Kier molecular flexibility index (Phi) is 9.23. The van der Waals surface area contributed by atoms with Crippen molar-refractivity contribution < 1.29 is 14.3 Å². The molecule has 232 valence electrons. The van der Waals surface area contributed by atoms with Gasteiger partial charge in [0, 0.05) is 54.8 Å². The SMILES string of the molecule is COc1ccccc1C(=O)N1CCN(C(=O)CCCSc2nnc3c4cc(C)ccc4n(Cc4cccc(Cl)c4)c3n2)CC1C. The number of methoxy groups -OCH3 is 1. The van der Waals surface area contributed by atoms with Gasteiger partial charge in [0.25, 0.3) is 5.91 Å². The number of para-hydroxylation sites is 1. The summed E-state index contributed by atoms with van der Waals surface area (Å²) in [4.78, 5) is 34.9. The fraction of sp³-hybridized carbons (Fsp3) is 0.324. The van der Waals surface area contributed by atoms with E-state index in [0.29, 0.717) is 66.3 Å². The lowest BCUT2D eigenvalue weighted by Crippen LogP contribution is -2.55. The molecule has 1 aliphatic rings. The van der Waals surface area contributed by atoms with Gasteiger partial charge < -0.3 is 19.1 Å². The highest BCUT2D eigenvalue weighted by molar-refractivity contribution is 7.99. The fourth-order valence-corrected chi connectivity index (χ4v) is 6.83. The van der Waals surface area contributed by atoms with Crippen LogP contribution >= 0.6 is 23.4 Å². The van der Waals surface area contributed by atoms with E-state index in [9.17, 15) is 9.59 Å². The molecule has 0 radical (unpaired) electrons. The highest BCUT2D eigenvalue weighted by Gasteiger charge is 2.31. The zero-order valence-electron chi connectivity index (χ0n) is 25.6. The normalized spacial score (nSPS) is 15.2. The van der Waals surface area contributed by atoms with E-state index in [2.05, 4.69) is 46.0 Å². The van der Waals surface area contributed by atoms with Crippen LogP contribution in [0.2, 0.25) is 5.02 Å². The van der Waals surface area contributed by atoms with Crippen molar-refractivity contribution in [2.75, 3.05) is 32.5 Å². The van der Waals surface area contributed by atoms with Gasteiger partial charge in [-0.2, -0.15) is 0 Å². The number of ether oxygens (including phenoxy) is 1. The van der Waals surface area contributed by atoms with Gasteiger partial charge in [0.2, 0.25) is 11.1 Å². The number of aromatic nitrogens is 4. The van der Waals surface area contributed by atoms with Crippen molar-refractivity contribution in [2.45, 2.75) is 44.4 Å². The van der Waals surface area contributed by atoms with Gasteiger partial charge in [-0.05, 0) is 62.2 Å². The molecule has 11 heteroatoms. The molecular formula is C34H35ClN6O3S. The average Bonchev–Trinajstić information content (AvgIpc) is 3.34. The smallest absolute Gasteiger partial charge is 0.257 e. The summed E-state index contributed by atoms with van der Waals surface area (Å²) >= 11 is 7.78. The van der Waals surface area contributed by atoms with Crippen LogP contribution in [0.3, 0.4) is 0 Å². The fourth-order valence-electron chi connectivity index (χ4n) is 5.90. The molecule has 1 fully saturated rings. The standard InChI is InChI=1S/C34H35ClN6O3S/c1-22-13-14-28-27(18-22)31-32(41(28)21-24-8-6-9-25(35)19-24)36-34(38-37-31)45-17-7-12-30(42)39-15-16-40(23(2)20-39)33(43)26-10-4-5-11-29(26)44-3/h4-6,8-11,13-14,18-19,23H,7,12,15-17,20-21H2,1-3H3. The van der Waals surface area contributed by atoms with Crippen molar-refractivity contribution in [1.82, 2.24) is 29.5 Å². The maximum atomic E-state index is 13.2.